The molecule has 0 fully saturated rings. The molecule has 0 unspecified atom stereocenters. The zero-order chi connectivity index (χ0) is 17.7. The number of pyridine rings is 1. The minimum atomic E-state index is -0.643. The van der Waals surface area contributed by atoms with E-state index in [1.54, 1.807) is 25.2 Å². The number of ether oxygens (including phenoxy) is 1. The largest absolute Gasteiger partial charge is 0.452 e. The van der Waals surface area contributed by atoms with E-state index in [1.165, 1.54) is 23.2 Å². The van der Waals surface area contributed by atoms with Gasteiger partial charge in [-0.15, -0.1) is 0 Å². The number of nitrogens with zero attached hydrogens (tertiary/aromatic N) is 2. The summed E-state index contributed by atoms with van der Waals surface area (Å²) in [5.74, 6) is -0.994. The normalized spacial score (nSPS) is 10.3. The highest BCUT2D eigenvalue weighted by atomic mass is 35.5. The highest BCUT2D eigenvalue weighted by Gasteiger charge is 2.14. The van der Waals surface area contributed by atoms with Crippen molar-refractivity contribution < 1.29 is 14.3 Å². The van der Waals surface area contributed by atoms with Crippen molar-refractivity contribution >= 4 is 46.7 Å². The van der Waals surface area contributed by atoms with Crippen LogP contribution < -0.4 is 0 Å². The van der Waals surface area contributed by atoms with Gasteiger partial charge >= 0.3 is 5.97 Å². The SMILES string of the molecule is CN(Cc1ccc(Cl)c(Cl)c1)C(=O)COC(=O)c1ccc(Cl)nc1. The molecule has 2 aromatic rings. The summed E-state index contributed by atoms with van der Waals surface area (Å²) >= 11 is 17.4. The molecule has 0 spiro atoms. The lowest BCUT2D eigenvalue weighted by Gasteiger charge is -2.17. The Labute approximate surface area is 154 Å². The van der Waals surface area contributed by atoms with Gasteiger partial charge in [-0.25, -0.2) is 9.78 Å². The van der Waals surface area contributed by atoms with E-state index in [1.807, 2.05) is 0 Å². The minimum Gasteiger partial charge on any atom is -0.452 e. The van der Waals surface area contributed by atoms with Gasteiger partial charge in [-0.05, 0) is 29.8 Å². The number of rotatable bonds is 5. The third-order valence-corrected chi connectivity index (χ3v) is 4.08. The summed E-state index contributed by atoms with van der Waals surface area (Å²) in [5.41, 5.74) is 1.04. The van der Waals surface area contributed by atoms with Crippen LogP contribution in [0.15, 0.2) is 36.5 Å². The van der Waals surface area contributed by atoms with E-state index in [-0.39, 0.29) is 23.2 Å². The Morgan fingerprint density at radius 3 is 2.50 bits per heavy atom. The number of carbonyl (C=O) groups excluding carboxylic acids is 2. The zero-order valence-electron chi connectivity index (χ0n) is 12.6. The molecule has 24 heavy (non-hydrogen) atoms. The van der Waals surface area contributed by atoms with Gasteiger partial charge in [0.2, 0.25) is 0 Å². The van der Waals surface area contributed by atoms with E-state index >= 15 is 0 Å². The topological polar surface area (TPSA) is 59.5 Å². The van der Waals surface area contributed by atoms with Gasteiger partial charge < -0.3 is 9.64 Å². The molecule has 0 saturated heterocycles. The highest BCUT2D eigenvalue weighted by Crippen LogP contribution is 2.23. The van der Waals surface area contributed by atoms with Crippen LogP contribution in [0.1, 0.15) is 15.9 Å². The molecular formula is C16H13Cl3N2O3. The molecule has 2 rings (SSSR count). The number of esters is 1. The van der Waals surface area contributed by atoms with Gasteiger partial charge in [0.1, 0.15) is 5.15 Å². The van der Waals surface area contributed by atoms with Crippen molar-refractivity contribution in [2.24, 2.45) is 0 Å². The quantitative estimate of drug-likeness (QED) is 0.577. The first kappa shape index (κ1) is 18.5. The number of aromatic nitrogens is 1. The van der Waals surface area contributed by atoms with Crippen LogP contribution in [0.5, 0.6) is 0 Å². The van der Waals surface area contributed by atoms with Crippen molar-refractivity contribution in [2.45, 2.75) is 6.54 Å². The maximum absolute atomic E-state index is 12.0. The second kappa shape index (κ2) is 8.33. The first-order valence-corrected chi connectivity index (χ1v) is 7.97. The average molecular weight is 388 g/mol. The Kier molecular flexibility index (Phi) is 6.43. The standard InChI is InChI=1S/C16H13Cl3N2O3/c1-21(8-10-2-4-12(17)13(18)6-10)15(22)9-24-16(23)11-3-5-14(19)20-7-11/h2-7H,8-9H2,1H3. The molecule has 126 valence electrons. The molecule has 8 heteroatoms. The molecule has 0 saturated carbocycles. The molecule has 5 nitrogen and oxygen atoms in total. The van der Waals surface area contributed by atoms with Crippen molar-refractivity contribution in [1.82, 2.24) is 9.88 Å². The molecule has 1 aromatic carbocycles. The number of hydrogen-bond acceptors (Lipinski definition) is 4. The molecule has 1 heterocycles. The fourth-order valence-corrected chi connectivity index (χ4v) is 2.25. The third kappa shape index (κ3) is 5.09. The van der Waals surface area contributed by atoms with Gasteiger partial charge in [-0.1, -0.05) is 40.9 Å². The number of halogens is 3. The molecule has 1 aromatic heterocycles. The van der Waals surface area contributed by atoms with Crippen molar-refractivity contribution in [3.05, 3.63) is 62.9 Å². The molecule has 0 atom stereocenters. The van der Waals surface area contributed by atoms with Gasteiger partial charge in [-0.2, -0.15) is 0 Å². The lowest BCUT2D eigenvalue weighted by atomic mass is 10.2. The van der Waals surface area contributed by atoms with Crippen LogP contribution in [-0.4, -0.2) is 35.4 Å². The summed E-state index contributed by atoms with van der Waals surface area (Å²) in [6.07, 6.45) is 1.29. The summed E-state index contributed by atoms with van der Waals surface area (Å²) in [6.45, 7) is -0.0605. The van der Waals surface area contributed by atoms with E-state index in [0.29, 0.717) is 16.6 Å². The van der Waals surface area contributed by atoms with Gasteiger partial charge in [0.05, 0.1) is 15.6 Å². The fraction of sp³-hybridized carbons (Fsp3) is 0.188. The van der Waals surface area contributed by atoms with Crippen LogP contribution in [0.4, 0.5) is 0 Å². The molecule has 1 amide bonds. The second-order valence-electron chi connectivity index (χ2n) is 4.94. The molecule has 0 aliphatic heterocycles. The monoisotopic (exact) mass is 386 g/mol. The summed E-state index contributed by atoms with van der Waals surface area (Å²) in [4.78, 5) is 29.1. The van der Waals surface area contributed by atoms with E-state index in [9.17, 15) is 9.59 Å². The van der Waals surface area contributed by atoms with Gasteiger partial charge in [0.15, 0.2) is 6.61 Å². The lowest BCUT2D eigenvalue weighted by Crippen LogP contribution is -2.30. The molecule has 0 radical (unpaired) electrons. The Hall–Kier alpha value is -1.82. The molecule has 0 bridgehead atoms. The number of benzene rings is 1. The van der Waals surface area contributed by atoms with Crippen LogP contribution in [0.2, 0.25) is 15.2 Å². The van der Waals surface area contributed by atoms with Crippen molar-refractivity contribution in [1.29, 1.82) is 0 Å². The van der Waals surface area contributed by atoms with Gasteiger partial charge in [0.25, 0.3) is 5.91 Å². The molecule has 0 N–H and O–H groups in total. The first-order valence-electron chi connectivity index (χ1n) is 6.83. The predicted molar refractivity (Wildman–Crippen MR) is 92.5 cm³/mol. The summed E-state index contributed by atoms with van der Waals surface area (Å²) in [5, 5.41) is 1.13. The Morgan fingerprint density at radius 1 is 1.12 bits per heavy atom. The lowest BCUT2D eigenvalue weighted by molar-refractivity contribution is -0.133. The number of likely N-dealkylation sites (N-methyl/N-ethyl adjacent to an activating group) is 1. The van der Waals surface area contributed by atoms with Crippen LogP contribution in [0.25, 0.3) is 0 Å². The van der Waals surface area contributed by atoms with Crippen LogP contribution >= 0.6 is 34.8 Å². The third-order valence-electron chi connectivity index (χ3n) is 3.12. The van der Waals surface area contributed by atoms with Gasteiger partial charge in [0, 0.05) is 19.8 Å². The number of carbonyl (C=O) groups is 2. The zero-order valence-corrected chi connectivity index (χ0v) is 14.9. The van der Waals surface area contributed by atoms with Crippen LogP contribution in [0.3, 0.4) is 0 Å². The molecule has 0 aliphatic rings. The predicted octanol–water partition coefficient (Wildman–Crippen LogP) is 3.86. The Bertz CT molecular complexity index is 751. The summed E-state index contributed by atoms with van der Waals surface area (Å²) in [7, 11) is 1.60. The Balaban J connectivity index is 1.88. The second-order valence-corrected chi connectivity index (χ2v) is 6.15. The molecular weight excluding hydrogens is 375 g/mol. The molecule has 0 aliphatic carbocycles. The van der Waals surface area contributed by atoms with Crippen molar-refractivity contribution in [3.63, 3.8) is 0 Å². The van der Waals surface area contributed by atoms with E-state index in [4.69, 9.17) is 39.5 Å². The number of amides is 1. The fourth-order valence-electron chi connectivity index (χ4n) is 1.82. The van der Waals surface area contributed by atoms with Crippen LogP contribution in [-0.2, 0) is 16.1 Å². The van der Waals surface area contributed by atoms with Crippen LogP contribution in [0, 0.1) is 0 Å². The Morgan fingerprint density at radius 2 is 1.88 bits per heavy atom. The van der Waals surface area contributed by atoms with E-state index < -0.39 is 5.97 Å². The summed E-state index contributed by atoms with van der Waals surface area (Å²) < 4.78 is 4.97. The smallest absolute Gasteiger partial charge is 0.340 e. The van der Waals surface area contributed by atoms with Crippen molar-refractivity contribution in [3.8, 4) is 0 Å². The maximum atomic E-state index is 12.0. The van der Waals surface area contributed by atoms with E-state index in [0.717, 1.165) is 5.56 Å². The maximum Gasteiger partial charge on any atom is 0.340 e. The highest BCUT2D eigenvalue weighted by molar-refractivity contribution is 6.42. The minimum absolute atomic E-state index is 0.222. The summed E-state index contributed by atoms with van der Waals surface area (Å²) in [6, 6.07) is 8.05. The van der Waals surface area contributed by atoms with Gasteiger partial charge in [-0.3, -0.25) is 4.79 Å². The van der Waals surface area contributed by atoms with Crippen molar-refractivity contribution in [2.75, 3.05) is 13.7 Å². The average Bonchev–Trinajstić information content (AvgIpc) is 2.56. The first-order chi connectivity index (χ1) is 11.4. The number of hydrogen-bond donors (Lipinski definition) is 0. The van der Waals surface area contributed by atoms with E-state index in [2.05, 4.69) is 4.98 Å².